The Morgan fingerprint density at radius 2 is 1.73 bits per heavy atom. The van der Waals surface area contributed by atoms with Crippen molar-refractivity contribution in [1.82, 2.24) is 0 Å². The molecule has 0 radical (unpaired) electrons. The summed E-state index contributed by atoms with van der Waals surface area (Å²) in [5.41, 5.74) is 4.11. The van der Waals surface area contributed by atoms with Crippen LogP contribution >= 0.6 is 0 Å². The molecular weight excluding hydrogens is 272 g/mol. The number of benzene rings is 2. The molecular formula is C20H24O2. The van der Waals surface area contributed by atoms with Crippen LogP contribution in [-0.4, -0.2) is 5.11 Å². The summed E-state index contributed by atoms with van der Waals surface area (Å²) in [7, 11) is 0. The first-order valence-corrected chi connectivity index (χ1v) is 7.82. The Kier molecular flexibility index (Phi) is 3.24. The van der Waals surface area contributed by atoms with E-state index in [2.05, 4.69) is 45.9 Å². The summed E-state index contributed by atoms with van der Waals surface area (Å²) in [6.07, 6.45) is 0.903. The Morgan fingerprint density at radius 3 is 2.41 bits per heavy atom. The Morgan fingerprint density at radius 1 is 1.00 bits per heavy atom. The van der Waals surface area contributed by atoms with Gasteiger partial charge in [-0.3, -0.25) is 0 Å². The van der Waals surface area contributed by atoms with Gasteiger partial charge in [0.15, 0.2) is 0 Å². The van der Waals surface area contributed by atoms with Crippen molar-refractivity contribution < 1.29 is 9.84 Å². The quantitative estimate of drug-likeness (QED) is 0.803. The van der Waals surface area contributed by atoms with Gasteiger partial charge in [0, 0.05) is 12.0 Å². The first-order valence-electron chi connectivity index (χ1n) is 7.82. The van der Waals surface area contributed by atoms with Crippen LogP contribution in [0.4, 0.5) is 0 Å². The second-order valence-electron chi connectivity index (χ2n) is 7.35. The van der Waals surface area contributed by atoms with Crippen LogP contribution in [0, 0.1) is 13.8 Å². The molecule has 0 saturated heterocycles. The molecule has 2 nitrogen and oxygen atoms in total. The second-order valence-corrected chi connectivity index (χ2v) is 7.35. The lowest BCUT2D eigenvalue weighted by Crippen LogP contribution is -2.41. The van der Waals surface area contributed by atoms with Crippen LogP contribution in [0.5, 0.6) is 11.5 Å². The summed E-state index contributed by atoms with van der Waals surface area (Å²) >= 11 is 0. The second kappa shape index (κ2) is 4.77. The molecule has 0 aliphatic carbocycles. The highest BCUT2D eigenvalue weighted by atomic mass is 16.5. The van der Waals surface area contributed by atoms with Crippen LogP contribution in [0.3, 0.4) is 0 Å². The molecule has 2 aromatic rings. The minimum Gasteiger partial charge on any atom is -0.508 e. The van der Waals surface area contributed by atoms with Gasteiger partial charge in [-0.1, -0.05) is 38.1 Å². The van der Waals surface area contributed by atoms with Gasteiger partial charge in [-0.05, 0) is 55.0 Å². The van der Waals surface area contributed by atoms with Gasteiger partial charge in [0.2, 0.25) is 0 Å². The number of phenols is 1. The largest absolute Gasteiger partial charge is 0.508 e. The predicted molar refractivity (Wildman–Crippen MR) is 89.6 cm³/mol. The van der Waals surface area contributed by atoms with E-state index in [9.17, 15) is 5.11 Å². The van der Waals surface area contributed by atoms with Gasteiger partial charge in [0.25, 0.3) is 0 Å². The van der Waals surface area contributed by atoms with E-state index in [0.717, 1.165) is 23.3 Å². The molecule has 0 amide bonds. The molecule has 3 rings (SSSR count). The van der Waals surface area contributed by atoms with Gasteiger partial charge >= 0.3 is 0 Å². The Bertz CT molecular complexity index is 730. The van der Waals surface area contributed by atoms with Crippen molar-refractivity contribution in [3.8, 4) is 11.5 Å². The van der Waals surface area contributed by atoms with Crippen LogP contribution < -0.4 is 4.74 Å². The van der Waals surface area contributed by atoms with Gasteiger partial charge in [0.05, 0.1) is 0 Å². The zero-order chi connectivity index (χ0) is 16.1. The van der Waals surface area contributed by atoms with Crippen molar-refractivity contribution in [3.05, 3.63) is 58.7 Å². The van der Waals surface area contributed by atoms with Crippen LogP contribution in [0.1, 0.15) is 49.4 Å². The third-order valence-electron chi connectivity index (χ3n) is 4.86. The highest BCUT2D eigenvalue weighted by molar-refractivity contribution is 5.49. The lowest BCUT2D eigenvalue weighted by molar-refractivity contribution is 0.0316. The highest BCUT2D eigenvalue weighted by Gasteiger charge is 2.43. The summed E-state index contributed by atoms with van der Waals surface area (Å²) < 4.78 is 6.49. The molecule has 0 spiro atoms. The maximum atomic E-state index is 9.79. The number of hydrogen-bond acceptors (Lipinski definition) is 2. The standard InChI is InChI=1S/C20H24O2/c1-13-7-6-8-16-18(13)22-20(5,12-19(16,3)4)15-9-10-17(21)14(2)11-15/h6-11,21H,12H2,1-5H3. The van der Waals surface area contributed by atoms with E-state index in [1.807, 2.05) is 19.1 Å². The van der Waals surface area contributed by atoms with E-state index in [1.54, 1.807) is 6.07 Å². The van der Waals surface area contributed by atoms with E-state index in [4.69, 9.17) is 4.74 Å². The van der Waals surface area contributed by atoms with Crippen molar-refractivity contribution in [2.45, 2.75) is 52.1 Å². The molecule has 0 aromatic heterocycles. The van der Waals surface area contributed by atoms with Crippen LogP contribution in [0.2, 0.25) is 0 Å². The average Bonchev–Trinajstić information content (AvgIpc) is 2.42. The Labute approximate surface area is 132 Å². The minimum absolute atomic E-state index is 0.0418. The number of fused-ring (bicyclic) bond motifs is 1. The molecule has 2 heteroatoms. The van der Waals surface area contributed by atoms with Crippen LogP contribution in [-0.2, 0) is 11.0 Å². The summed E-state index contributed by atoms with van der Waals surface area (Å²) in [6.45, 7) is 10.7. The number of para-hydroxylation sites is 1. The van der Waals surface area contributed by atoms with Gasteiger partial charge in [-0.2, -0.15) is 0 Å². The van der Waals surface area contributed by atoms with Crippen LogP contribution in [0.15, 0.2) is 36.4 Å². The zero-order valence-electron chi connectivity index (χ0n) is 14.0. The van der Waals surface area contributed by atoms with E-state index < -0.39 is 0 Å². The Hall–Kier alpha value is -1.96. The summed E-state index contributed by atoms with van der Waals surface area (Å²) in [5.74, 6) is 1.34. The molecule has 1 N–H and O–H groups in total. The molecule has 0 fully saturated rings. The minimum atomic E-state index is -0.388. The molecule has 1 aliphatic rings. The van der Waals surface area contributed by atoms with Crippen molar-refractivity contribution in [3.63, 3.8) is 0 Å². The highest BCUT2D eigenvalue weighted by Crippen LogP contribution is 2.50. The topological polar surface area (TPSA) is 29.5 Å². The number of aryl methyl sites for hydroxylation is 2. The summed E-state index contributed by atoms with van der Waals surface area (Å²) in [6, 6.07) is 12.1. The summed E-state index contributed by atoms with van der Waals surface area (Å²) in [5, 5.41) is 9.79. The fourth-order valence-corrected chi connectivity index (χ4v) is 3.67. The molecule has 0 bridgehead atoms. The molecule has 2 aromatic carbocycles. The van der Waals surface area contributed by atoms with Crippen molar-refractivity contribution >= 4 is 0 Å². The van der Waals surface area contributed by atoms with Gasteiger partial charge < -0.3 is 9.84 Å². The number of ether oxygens (including phenoxy) is 1. The maximum absolute atomic E-state index is 9.79. The van der Waals surface area contributed by atoms with E-state index in [-0.39, 0.29) is 11.0 Å². The normalized spacial score (nSPS) is 22.8. The van der Waals surface area contributed by atoms with E-state index in [0.29, 0.717) is 5.75 Å². The fraction of sp³-hybridized carbons (Fsp3) is 0.400. The number of aromatic hydroxyl groups is 1. The molecule has 1 aliphatic heterocycles. The smallest absolute Gasteiger partial charge is 0.132 e. The zero-order valence-corrected chi connectivity index (χ0v) is 14.0. The van der Waals surface area contributed by atoms with Crippen molar-refractivity contribution in [1.29, 1.82) is 0 Å². The molecule has 116 valence electrons. The lowest BCUT2D eigenvalue weighted by Gasteiger charge is -2.45. The lowest BCUT2D eigenvalue weighted by atomic mass is 9.70. The molecule has 0 saturated carbocycles. The van der Waals surface area contributed by atoms with E-state index >= 15 is 0 Å². The predicted octanol–water partition coefficient (Wildman–Crippen LogP) is 4.98. The first kappa shape index (κ1) is 15.0. The molecule has 1 heterocycles. The number of hydrogen-bond donors (Lipinski definition) is 1. The molecule has 1 unspecified atom stereocenters. The third-order valence-corrected chi connectivity index (χ3v) is 4.86. The monoisotopic (exact) mass is 296 g/mol. The Balaban J connectivity index is 2.13. The van der Waals surface area contributed by atoms with Gasteiger partial charge in [-0.25, -0.2) is 0 Å². The third kappa shape index (κ3) is 2.27. The number of rotatable bonds is 1. The van der Waals surface area contributed by atoms with Crippen molar-refractivity contribution in [2.24, 2.45) is 0 Å². The molecule has 1 atom stereocenters. The SMILES string of the molecule is Cc1cc(C2(C)CC(C)(C)c3cccc(C)c3O2)ccc1O. The average molecular weight is 296 g/mol. The fourth-order valence-electron chi connectivity index (χ4n) is 3.67. The summed E-state index contributed by atoms with van der Waals surface area (Å²) in [4.78, 5) is 0. The first-order chi connectivity index (χ1) is 10.2. The van der Waals surface area contributed by atoms with Crippen LogP contribution in [0.25, 0.3) is 0 Å². The van der Waals surface area contributed by atoms with Gasteiger partial charge in [-0.15, -0.1) is 0 Å². The van der Waals surface area contributed by atoms with E-state index in [1.165, 1.54) is 11.1 Å². The van der Waals surface area contributed by atoms with Gasteiger partial charge in [0.1, 0.15) is 17.1 Å². The van der Waals surface area contributed by atoms with Crippen molar-refractivity contribution in [2.75, 3.05) is 0 Å². The number of phenolic OH excluding ortho intramolecular Hbond substituents is 1. The maximum Gasteiger partial charge on any atom is 0.132 e. The molecule has 22 heavy (non-hydrogen) atoms.